The summed E-state index contributed by atoms with van der Waals surface area (Å²) in [5, 5.41) is 3.29. The second kappa shape index (κ2) is 4.85. The molecule has 0 saturated carbocycles. The first-order valence-corrected chi connectivity index (χ1v) is 5.75. The van der Waals surface area contributed by atoms with Crippen molar-refractivity contribution in [2.24, 2.45) is 0 Å². The zero-order valence-corrected chi connectivity index (χ0v) is 10.3. The second-order valence-corrected chi connectivity index (χ2v) is 4.54. The number of benzene rings is 1. The molecule has 3 nitrogen and oxygen atoms in total. The van der Waals surface area contributed by atoms with E-state index in [-0.39, 0.29) is 0 Å². The van der Waals surface area contributed by atoms with Crippen LogP contribution in [0.25, 0.3) is 0 Å². The minimum absolute atomic E-state index is 0.671. The highest BCUT2D eigenvalue weighted by Crippen LogP contribution is 2.22. The molecular formula is C13H20N2O. The lowest BCUT2D eigenvalue weighted by molar-refractivity contribution is 0.171. The van der Waals surface area contributed by atoms with Crippen LogP contribution in [0.2, 0.25) is 0 Å². The molecule has 0 radical (unpaired) electrons. The molecular weight excluding hydrogens is 200 g/mol. The molecule has 0 aliphatic carbocycles. The Hall–Kier alpha value is -1.06. The highest BCUT2D eigenvalue weighted by molar-refractivity contribution is 5.36. The van der Waals surface area contributed by atoms with Gasteiger partial charge in [0.2, 0.25) is 0 Å². The number of nitrogens with one attached hydrogen (secondary N) is 1. The highest BCUT2D eigenvalue weighted by atomic mass is 16.5. The molecule has 1 aliphatic rings. The number of ether oxygens (including phenoxy) is 1. The molecule has 2 rings (SSSR count). The van der Waals surface area contributed by atoms with Crippen LogP contribution in [-0.2, 0) is 6.54 Å². The van der Waals surface area contributed by atoms with Gasteiger partial charge in [0.15, 0.2) is 0 Å². The Morgan fingerprint density at radius 3 is 2.75 bits per heavy atom. The SMILES string of the molecule is COc1ccc(C)cc1CN(C)C1CNC1. The van der Waals surface area contributed by atoms with E-state index in [9.17, 15) is 0 Å². The molecule has 0 unspecified atom stereocenters. The molecule has 3 heteroatoms. The maximum absolute atomic E-state index is 5.39. The van der Waals surface area contributed by atoms with Gasteiger partial charge in [-0.2, -0.15) is 0 Å². The molecule has 0 atom stereocenters. The number of rotatable bonds is 4. The van der Waals surface area contributed by atoms with Gasteiger partial charge in [0.05, 0.1) is 7.11 Å². The second-order valence-electron chi connectivity index (χ2n) is 4.54. The van der Waals surface area contributed by atoms with E-state index in [0.29, 0.717) is 6.04 Å². The lowest BCUT2D eigenvalue weighted by atomic mass is 10.1. The van der Waals surface area contributed by atoms with E-state index < -0.39 is 0 Å². The Labute approximate surface area is 97.4 Å². The molecule has 16 heavy (non-hydrogen) atoms. The first kappa shape index (κ1) is 11.4. The standard InChI is InChI=1S/C13H20N2O/c1-10-4-5-13(16-3)11(6-10)9-15(2)12-7-14-8-12/h4-6,12,14H,7-9H2,1-3H3. The summed E-state index contributed by atoms with van der Waals surface area (Å²) >= 11 is 0. The van der Waals surface area contributed by atoms with Crippen molar-refractivity contribution in [2.45, 2.75) is 19.5 Å². The zero-order valence-electron chi connectivity index (χ0n) is 10.3. The summed E-state index contributed by atoms with van der Waals surface area (Å²) in [6.07, 6.45) is 0. The van der Waals surface area contributed by atoms with E-state index in [1.165, 1.54) is 11.1 Å². The van der Waals surface area contributed by atoms with Crippen molar-refractivity contribution in [1.82, 2.24) is 10.2 Å². The average Bonchev–Trinajstić information content (AvgIpc) is 2.15. The van der Waals surface area contributed by atoms with Gasteiger partial charge in [0.1, 0.15) is 5.75 Å². The summed E-state index contributed by atoms with van der Waals surface area (Å²) in [4.78, 5) is 2.38. The fourth-order valence-electron chi connectivity index (χ4n) is 2.01. The van der Waals surface area contributed by atoms with Crippen LogP contribution >= 0.6 is 0 Å². The largest absolute Gasteiger partial charge is 0.496 e. The minimum Gasteiger partial charge on any atom is -0.496 e. The molecule has 1 saturated heterocycles. The van der Waals surface area contributed by atoms with E-state index in [0.717, 1.165) is 25.4 Å². The van der Waals surface area contributed by atoms with Gasteiger partial charge in [-0.1, -0.05) is 17.7 Å². The molecule has 1 N–H and O–H groups in total. The molecule has 0 spiro atoms. The lowest BCUT2D eigenvalue weighted by Gasteiger charge is -2.35. The molecule has 0 bridgehead atoms. The third-order valence-corrected chi connectivity index (χ3v) is 3.24. The molecule has 88 valence electrons. The van der Waals surface area contributed by atoms with Crippen molar-refractivity contribution in [1.29, 1.82) is 0 Å². The highest BCUT2D eigenvalue weighted by Gasteiger charge is 2.22. The molecule has 1 fully saturated rings. The van der Waals surface area contributed by atoms with E-state index in [1.54, 1.807) is 7.11 Å². The topological polar surface area (TPSA) is 24.5 Å². The van der Waals surface area contributed by atoms with E-state index in [4.69, 9.17) is 4.74 Å². The quantitative estimate of drug-likeness (QED) is 0.830. The molecule has 1 aromatic carbocycles. The van der Waals surface area contributed by atoms with E-state index in [2.05, 4.69) is 42.4 Å². The summed E-state index contributed by atoms with van der Waals surface area (Å²) in [5.41, 5.74) is 2.56. The third-order valence-electron chi connectivity index (χ3n) is 3.24. The maximum Gasteiger partial charge on any atom is 0.123 e. The molecule has 0 amide bonds. The Bertz CT molecular complexity index is 361. The van der Waals surface area contributed by atoms with Crippen LogP contribution in [0.15, 0.2) is 18.2 Å². The number of hydrogen-bond donors (Lipinski definition) is 1. The number of aryl methyl sites for hydroxylation is 1. The van der Waals surface area contributed by atoms with Gasteiger partial charge < -0.3 is 10.1 Å². The molecule has 1 heterocycles. The van der Waals surface area contributed by atoms with Crippen molar-refractivity contribution in [3.8, 4) is 5.75 Å². The fraction of sp³-hybridized carbons (Fsp3) is 0.538. The normalized spacial score (nSPS) is 16.2. The van der Waals surface area contributed by atoms with Crippen molar-refractivity contribution in [3.05, 3.63) is 29.3 Å². The van der Waals surface area contributed by atoms with Crippen LogP contribution in [0.1, 0.15) is 11.1 Å². The number of methoxy groups -OCH3 is 1. The zero-order chi connectivity index (χ0) is 11.5. The Morgan fingerprint density at radius 2 is 2.19 bits per heavy atom. The first-order valence-electron chi connectivity index (χ1n) is 5.75. The number of likely N-dealkylation sites (N-methyl/N-ethyl adjacent to an activating group) is 1. The van der Waals surface area contributed by atoms with Crippen LogP contribution < -0.4 is 10.1 Å². The van der Waals surface area contributed by atoms with Gasteiger partial charge in [0, 0.05) is 31.2 Å². The van der Waals surface area contributed by atoms with Gasteiger partial charge in [0.25, 0.3) is 0 Å². The van der Waals surface area contributed by atoms with Crippen molar-refractivity contribution in [2.75, 3.05) is 27.2 Å². The van der Waals surface area contributed by atoms with E-state index in [1.807, 2.05) is 0 Å². The van der Waals surface area contributed by atoms with Crippen LogP contribution in [0, 0.1) is 6.92 Å². The van der Waals surface area contributed by atoms with Crippen LogP contribution in [0.5, 0.6) is 5.75 Å². The molecule has 0 aromatic heterocycles. The maximum atomic E-state index is 5.39. The first-order chi connectivity index (χ1) is 7.70. The van der Waals surface area contributed by atoms with Crippen molar-refractivity contribution < 1.29 is 4.74 Å². The van der Waals surface area contributed by atoms with Crippen molar-refractivity contribution >= 4 is 0 Å². The average molecular weight is 220 g/mol. The summed E-state index contributed by atoms with van der Waals surface area (Å²) in [7, 11) is 3.91. The Balaban J connectivity index is 2.09. The molecule has 1 aromatic rings. The number of hydrogen-bond acceptors (Lipinski definition) is 3. The number of nitrogens with zero attached hydrogens (tertiary/aromatic N) is 1. The monoisotopic (exact) mass is 220 g/mol. The Kier molecular flexibility index (Phi) is 3.46. The van der Waals surface area contributed by atoms with Gasteiger partial charge in [-0.15, -0.1) is 0 Å². The Morgan fingerprint density at radius 1 is 1.44 bits per heavy atom. The lowest BCUT2D eigenvalue weighted by Crippen LogP contribution is -2.55. The van der Waals surface area contributed by atoms with E-state index >= 15 is 0 Å². The smallest absolute Gasteiger partial charge is 0.123 e. The van der Waals surface area contributed by atoms with Gasteiger partial charge >= 0.3 is 0 Å². The van der Waals surface area contributed by atoms with Crippen LogP contribution in [0.4, 0.5) is 0 Å². The van der Waals surface area contributed by atoms with Crippen LogP contribution in [0.3, 0.4) is 0 Å². The summed E-state index contributed by atoms with van der Waals surface area (Å²) < 4.78 is 5.39. The predicted molar refractivity (Wildman–Crippen MR) is 65.9 cm³/mol. The molecule has 1 aliphatic heterocycles. The summed E-state index contributed by atoms with van der Waals surface area (Å²) in [6.45, 7) is 5.28. The van der Waals surface area contributed by atoms with Gasteiger partial charge in [-0.05, 0) is 20.0 Å². The summed E-state index contributed by atoms with van der Waals surface area (Å²) in [6, 6.07) is 7.02. The predicted octanol–water partition coefficient (Wildman–Crippen LogP) is 1.41. The third kappa shape index (κ3) is 2.36. The van der Waals surface area contributed by atoms with Gasteiger partial charge in [-0.3, -0.25) is 4.90 Å². The fourth-order valence-corrected chi connectivity index (χ4v) is 2.01. The minimum atomic E-state index is 0.671. The summed E-state index contributed by atoms with van der Waals surface area (Å²) in [5.74, 6) is 0.990. The van der Waals surface area contributed by atoms with Crippen LogP contribution in [-0.4, -0.2) is 38.2 Å². The van der Waals surface area contributed by atoms with Gasteiger partial charge in [-0.25, -0.2) is 0 Å². The van der Waals surface area contributed by atoms with Crippen molar-refractivity contribution in [3.63, 3.8) is 0 Å².